The van der Waals surface area contributed by atoms with Crippen LogP contribution in [-0.2, 0) is 4.79 Å². The second-order valence-electron chi connectivity index (χ2n) is 9.28. The van der Waals surface area contributed by atoms with Crippen LogP contribution in [0.5, 0.6) is 5.75 Å². The van der Waals surface area contributed by atoms with Crippen LogP contribution in [0.15, 0.2) is 48.7 Å². The average molecular weight is 405 g/mol. The van der Waals surface area contributed by atoms with Crippen LogP contribution in [0.25, 0.3) is 0 Å². The molecular formula is C24H27N3O3. The fourth-order valence-corrected chi connectivity index (χ4v) is 5.68. The molecule has 3 saturated carbocycles. The number of amides is 2. The van der Waals surface area contributed by atoms with E-state index in [0.29, 0.717) is 24.2 Å². The summed E-state index contributed by atoms with van der Waals surface area (Å²) in [6, 6.07) is 13.0. The minimum Gasteiger partial charge on any atom is -0.467 e. The molecule has 156 valence electrons. The summed E-state index contributed by atoms with van der Waals surface area (Å²) in [7, 11) is 0. The minimum atomic E-state index is -0.720. The summed E-state index contributed by atoms with van der Waals surface area (Å²) in [4.78, 5) is 30.4. The Hall–Kier alpha value is -2.89. The molecule has 5 unspecified atom stereocenters. The van der Waals surface area contributed by atoms with Gasteiger partial charge in [0.2, 0.25) is 5.91 Å². The molecule has 6 heteroatoms. The highest BCUT2D eigenvalue weighted by Gasteiger charge is 2.61. The molecule has 1 aromatic heterocycles. The van der Waals surface area contributed by atoms with Crippen molar-refractivity contribution in [3.8, 4) is 5.75 Å². The van der Waals surface area contributed by atoms with Crippen LogP contribution >= 0.6 is 0 Å². The van der Waals surface area contributed by atoms with E-state index in [4.69, 9.17) is 4.74 Å². The number of fused-ring (bicyclic) bond motifs is 3. The molecule has 3 fully saturated rings. The topological polar surface area (TPSA) is 80.3 Å². The molecular weight excluding hydrogens is 378 g/mol. The molecule has 0 saturated heterocycles. The van der Waals surface area contributed by atoms with Crippen molar-refractivity contribution >= 4 is 11.8 Å². The largest absolute Gasteiger partial charge is 0.467 e. The Morgan fingerprint density at radius 1 is 1.27 bits per heavy atom. The molecule has 1 aromatic carbocycles. The van der Waals surface area contributed by atoms with E-state index < -0.39 is 5.72 Å². The molecule has 2 bridgehead atoms. The highest BCUT2D eigenvalue weighted by atomic mass is 16.5. The van der Waals surface area contributed by atoms with Gasteiger partial charge in [-0.1, -0.05) is 25.1 Å². The van der Waals surface area contributed by atoms with Crippen LogP contribution in [-0.4, -0.2) is 22.5 Å². The van der Waals surface area contributed by atoms with E-state index in [1.165, 1.54) is 0 Å². The van der Waals surface area contributed by atoms with Crippen LogP contribution < -0.4 is 15.4 Å². The molecule has 2 N–H and O–H groups in total. The second kappa shape index (κ2) is 6.83. The number of carbonyl (C=O) groups is 2. The van der Waals surface area contributed by atoms with Gasteiger partial charge in [0, 0.05) is 24.5 Å². The van der Waals surface area contributed by atoms with Gasteiger partial charge in [-0.15, -0.1) is 0 Å². The molecule has 1 aliphatic heterocycles. The Bertz CT molecular complexity index is 994. The second-order valence-corrected chi connectivity index (χ2v) is 9.28. The lowest BCUT2D eigenvalue weighted by Crippen LogP contribution is -2.69. The molecule has 2 heterocycles. The zero-order chi connectivity index (χ0) is 20.9. The third kappa shape index (κ3) is 2.97. The maximum absolute atomic E-state index is 13.2. The van der Waals surface area contributed by atoms with Crippen molar-refractivity contribution in [1.29, 1.82) is 0 Å². The van der Waals surface area contributed by atoms with Crippen molar-refractivity contribution in [2.75, 3.05) is 0 Å². The van der Waals surface area contributed by atoms with Gasteiger partial charge in [-0.2, -0.15) is 0 Å². The number of rotatable bonds is 3. The van der Waals surface area contributed by atoms with Gasteiger partial charge >= 0.3 is 0 Å². The maximum Gasteiger partial charge on any atom is 0.258 e. The van der Waals surface area contributed by atoms with Crippen molar-refractivity contribution < 1.29 is 14.3 Å². The first-order chi connectivity index (χ1) is 14.4. The number of aromatic nitrogens is 1. The quantitative estimate of drug-likeness (QED) is 0.818. The summed E-state index contributed by atoms with van der Waals surface area (Å²) in [5.74, 6) is 0.626. The SMILES string of the molecule is CC(NC(=O)C1CC2CCC1(C)CC21NC(=O)c2ccccc2O1)c1ccccn1. The number of nitrogens with zero attached hydrogens (tertiary/aromatic N) is 1. The number of carbonyl (C=O) groups excluding carboxylic acids is 2. The first kappa shape index (κ1) is 19.1. The molecule has 30 heavy (non-hydrogen) atoms. The fraction of sp³-hybridized carbons (Fsp3) is 0.458. The highest BCUT2D eigenvalue weighted by molar-refractivity contribution is 5.98. The molecule has 2 aromatic rings. The fourth-order valence-electron chi connectivity index (χ4n) is 5.68. The van der Waals surface area contributed by atoms with Gasteiger partial charge in [0.05, 0.1) is 17.3 Å². The molecule has 0 radical (unpaired) electrons. The number of benzene rings is 1. The summed E-state index contributed by atoms with van der Waals surface area (Å²) in [6.07, 6.45) is 4.99. The van der Waals surface area contributed by atoms with E-state index in [0.717, 1.165) is 18.5 Å². The Labute approximate surface area is 176 Å². The van der Waals surface area contributed by atoms with Crippen molar-refractivity contribution in [2.45, 2.75) is 51.3 Å². The van der Waals surface area contributed by atoms with Crippen molar-refractivity contribution in [2.24, 2.45) is 17.3 Å². The molecule has 5 atom stereocenters. The Balaban J connectivity index is 1.37. The van der Waals surface area contributed by atoms with Gasteiger partial charge in [-0.25, -0.2) is 0 Å². The van der Waals surface area contributed by atoms with E-state index in [1.54, 1.807) is 12.3 Å². The smallest absolute Gasteiger partial charge is 0.258 e. The van der Waals surface area contributed by atoms with Crippen LogP contribution in [0.3, 0.4) is 0 Å². The van der Waals surface area contributed by atoms with Gasteiger partial charge in [0.25, 0.3) is 5.91 Å². The first-order valence-corrected chi connectivity index (χ1v) is 10.7. The maximum atomic E-state index is 13.2. The summed E-state index contributed by atoms with van der Waals surface area (Å²) in [6.45, 7) is 4.13. The van der Waals surface area contributed by atoms with Gasteiger partial charge < -0.3 is 15.4 Å². The highest BCUT2D eigenvalue weighted by Crippen LogP contribution is 2.59. The van der Waals surface area contributed by atoms with Crippen LogP contribution in [0.4, 0.5) is 0 Å². The summed E-state index contributed by atoms with van der Waals surface area (Å²) < 4.78 is 6.43. The van der Waals surface area contributed by atoms with Gasteiger partial charge in [0.1, 0.15) is 5.75 Å². The zero-order valence-corrected chi connectivity index (χ0v) is 17.4. The lowest BCUT2D eigenvalue weighted by atomic mass is 9.52. The predicted molar refractivity (Wildman–Crippen MR) is 112 cm³/mol. The molecule has 6 nitrogen and oxygen atoms in total. The Kier molecular flexibility index (Phi) is 4.34. The van der Waals surface area contributed by atoms with Gasteiger partial charge in [-0.3, -0.25) is 14.6 Å². The lowest BCUT2D eigenvalue weighted by molar-refractivity contribution is -0.167. The van der Waals surface area contributed by atoms with Gasteiger partial charge in [-0.05, 0) is 55.9 Å². The molecule has 2 amide bonds. The lowest BCUT2D eigenvalue weighted by Gasteiger charge is -2.59. The number of hydrogen-bond donors (Lipinski definition) is 2. The van der Waals surface area contributed by atoms with Crippen molar-refractivity contribution in [1.82, 2.24) is 15.6 Å². The van der Waals surface area contributed by atoms with E-state index in [2.05, 4.69) is 22.5 Å². The van der Waals surface area contributed by atoms with Crippen LogP contribution in [0, 0.1) is 17.3 Å². The molecule has 4 aliphatic rings. The van der Waals surface area contributed by atoms with E-state index >= 15 is 0 Å². The number of pyridine rings is 1. The van der Waals surface area contributed by atoms with E-state index in [-0.39, 0.29) is 35.1 Å². The van der Waals surface area contributed by atoms with Crippen molar-refractivity contribution in [3.05, 3.63) is 59.9 Å². The first-order valence-electron chi connectivity index (χ1n) is 10.7. The summed E-state index contributed by atoms with van der Waals surface area (Å²) in [5.41, 5.74) is 0.477. The summed E-state index contributed by atoms with van der Waals surface area (Å²) in [5, 5.41) is 6.33. The molecule has 6 rings (SSSR count). The minimum absolute atomic E-state index is 0.0674. The standard InChI is InChI=1S/C24H27N3O3/c1-15(19-8-5-6-12-25-19)26-22(29)18-13-16-10-11-23(18,2)14-24(16)27-21(28)17-7-3-4-9-20(17)30-24/h3-9,12,15-16,18H,10-11,13-14H2,1-2H3,(H,26,29)(H,27,28). The number of hydrogen-bond acceptors (Lipinski definition) is 4. The van der Waals surface area contributed by atoms with Crippen LogP contribution in [0.2, 0.25) is 0 Å². The Morgan fingerprint density at radius 2 is 2.07 bits per heavy atom. The normalized spacial score (nSPS) is 32.7. The number of ether oxygens (including phenoxy) is 1. The predicted octanol–water partition coefficient (Wildman–Crippen LogP) is 3.60. The van der Waals surface area contributed by atoms with E-state index in [1.807, 2.05) is 43.3 Å². The zero-order valence-electron chi connectivity index (χ0n) is 17.4. The summed E-state index contributed by atoms with van der Waals surface area (Å²) >= 11 is 0. The third-order valence-electron chi connectivity index (χ3n) is 7.31. The number of nitrogens with one attached hydrogen (secondary N) is 2. The van der Waals surface area contributed by atoms with Crippen molar-refractivity contribution in [3.63, 3.8) is 0 Å². The Morgan fingerprint density at radius 3 is 2.83 bits per heavy atom. The van der Waals surface area contributed by atoms with Gasteiger partial charge in [0.15, 0.2) is 5.72 Å². The van der Waals surface area contributed by atoms with E-state index in [9.17, 15) is 9.59 Å². The third-order valence-corrected chi connectivity index (χ3v) is 7.31. The molecule has 1 spiro atoms. The van der Waals surface area contributed by atoms with Crippen LogP contribution in [0.1, 0.15) is 61.6 Å². The number of para-hydroxylation sites is 1. The molecule has 3 aliphatic carbocycles. The monoisotopic (exact) mass is 405 g/mol. The average Bonchev–Trinajstić information content (AvgIpc) is 2.74.